The quantitative estimate of drug-likeness (QED) is 0.746. The van der Waals surface area contributed by atoms with E-state index >= 15 is 0 Å². The van der Waals surface area contributed by atoms with E-state index < -0.39 is 0 Å². The molecule has 0 amide bonds. The zero-order valence-electron chi connectivity index (χ0n) is 9.91. The standard InChI is InChI=1S/C11H17N3O2/c1-8(2)5-6-16-11-9(15-4)10(12-3)13-7-14-11/h7H,1,5-6H2,2-4H3,(H,12,13,14). The molecule has 0 unspecified atom stereocenters. The molecule has 0 fully saturated rings. The van der Waals surface area contributed by atoms with Gasteiger partial charge in [0.05, 0.1) is 13.7 Å². The van der Waals surface area contributed by atoms with E-state index in [2.05, 4.69) is 21.9 Å². The van der Waals surface area contributed by atoms with E-state index in [0.29, 0.717) is 24.1 Å². The molecule has 0 radical (unpaired) electrons. The van der Waals surface area contributed by atoms with E-state index in [9.17, 15) is 0 Å². The molecule has 88 valence electrons. The predicted molar refractivity (Wildman–Crippen MR) is 63.1 cm³/mol. The van der Waals surface area contributed by atoms with Crippen molar-refractivity contribution >= 4 is 5.82 Å². The smallest absolute Gasteiger partial charge is 0.262 e. The molecule has 1 aromatic heterocycles. The molecule has 0 spiro atoms. The highest BCUT2D eigenvalue weighted by Crippen LogP contribution is 2.30. The van der Waals surface area contributed by atoms with E-state index in [0.717, 1.165) is 12.0 Å². The van der Waals surface area contributed by atoms with Crippen LogP contribution in [0.2, 0.25) is 0 Å². The van der Waals surface area contributed by atoms with Gasteiger partial charge in [0, 0.05) is 13.5 Å². The van der Waals surface area contributed by atoms with Gasteiger partial charge in [-0.1, -0.05) is 5.57 Å². The van der Waals surface area contributed by atoms with Crippen molar-refractivity contribution in [3.8, 4) is 11.6 Å². The summed E-state index contributed by atoms with van der Waals surface area (Å²) in [5.41, 5.74) is 1.07. The second-order valence-electron chi connectivity index (χ2n) is 3.37. The molecule has 0 aromatic carbocycles. The Morgan fingerprint density at radius 3 is 2.81 bits per heavy atom. The first kappa shape index (κ1) is 12.3. The average molecular weight is 223 g/mol. The molecule has 0 aliphatic rings. The molecular formula is C11H17N3O2. The van der Waals surface area contributed by atoms with Crippen LogP contribution in [-0.4, -0.2) is 30.7 Å². The van der Waals surface area contributed by atoms with Crippen LogP contribution >= 0.6 is 0 Å². The molecule has 16 heavy (non-hydrogen) atoms. The van der Waals surface area contributed by atoms with E-state index in [1.54, 1.807) is 14.2 Å². The second-order valence-corrected chi connectivity index (χ2v) is 3.37. The minimum Gasteiger partial charge on any atom is -0.489 e. The van der Waals surface area contributed by atoms with Crippen LogP contribution in [0.15, 0.2) is 18.5 Å². The van der Waals surface area contributed by atoms with Crippen molar-refractivity contribution in [1.82, 2.24) is 9.97 Å². The van der Waals surface area contributed by atoms with Gasteiger partial charge in [-0.15, -0.1) is 6.58 Å². The van der Waals surface area contributed by atoms with Crippen LogP contribution in [-0.2, 0) is 0 Å². The molecule has 0 bridgehead atoms. The van der Waals surface area contributed by atoms with Crippen LogP contribution in [0.3, 0.4) is 0 Å². The number of rotatable bonds is 6. The number of nitrogens with zero attached hydrogens (tertiary/aromatic N) is 2. The maximum Gasteiger partial charge on any atom is 0.262 e. The van der Waals surface area contributed by atoms with Crippen molar-refractivity contribution in [2.45, 2.75) is 13.3 Å². The van der Waals surface area contributed by atoms with Crippen LogP contribution in [0.4, 0.5) is 5.82 Å². The first-order valence-corrected chi connectivity index (χ1v) is 5.03. The lowest BCUT2D eigenvalue weighted by Gasteiger charge is -2.11. The molecule has 0 aliphatic carbocycles. The van der Waals surface area contributed by atoms with E-state index in [1.807, 2.05) is 6.92 Å². The van der Waals surface area contributed by atoms with Gasteiger partial charge >= 0.3 is 0 Å². The molecule has 5 heteroatoms. The summed E-state index contributed by atoms with van der Waals surface area (Å²) < 4.78 is 10.7. The van der Waals surface area contributed by atoms with Gasteiger partial charge in [0.25, 0.3) is 5.88 Å². The molecule has 0 saturated carbocycles. The second kappa shape index (κ2) is 5.95. The maximum atomic E-state index is 5.50. The number of aromatic nitrogens is 2. The SMILES string of the molecule is C=C(C)CCOc1ncnc(NC)c1OC. The summed E-state index contributed by atoms with van der Waals surface area (Å²) in [5, 5.41) is 2.91. The van der Waals surface area contributed by atoms with Crippen molar-refractivity contribution < 1.29 is 9.47 Å². The summed E-state index contributed by atoms with van der Waals surface area (Å²) in [6.45, 7) is 6.30. The van der Waals surface area contributed by atoms with Gasteiger partial charge in [0.1, 0.15) is 6.33 Å². The summed E-state index contributed by atoms with van der Waals surface area (Å²) in [5.74, 6) is 1.58. The Balaban J connectivity index is 2.74. The number of hydrogen-bond donors (Lipinski definition) is 1. The summed E-state index contributed by atoms with van der Waals surface area (Å²) in [6.07, 6.45) is 2.23. The fraction of sp³-hybridized carbons (Fsp3) is 0.455. The van der Waals surface area contributed by atoms with Crippen LogP contribution in [0, 0.1) is 0 Å². The third kappa shape index (κ3) is 3.12. The lowest BCUT2D eigenvalue weighted by molar-refractivity contribution is 0.285. The predicted octanol–water partition coefficient (Wildman–Crippen LogP) is 1.87. The Labute approximate surface area is 95.5 Å². The lowest BCUT2D eigenvalue weighted by Crippen LogP contribution is -2.04. The summed E-state index contributed by atoms with van der Waals surface area (Å²) >= 11 is 0. The number of methoxy groups -OCH3 is 1. The van der Waals surface area contributed by atoms with Crippen molar-refractivity contribution in [2.24, 2.45) is 0 Å². The highest BCUT2D eigenvalue weighted by molar-refractivity contribution is 5.54. The lowest BCUT2D eigenvalue weighted by atomic mass is 10.3. The normalized spacial score (nSPS) is 9.69. The largest absolute Gasteiger partial charge is 0.489 e. The Morgan fingerprint density at radius 2 is 2.25 bits per heavy atom. The van der Waals surface area contributed by atoms with E-state index in [4.69, 9.17) is 9.47 Å². The van der Waals surface area contributed by atoms with Crippen molar-refractivity contribution in [3.63, 3.8) is 0 Å². The highest BCUT2D eigenvalue weighted by atomic mass is 16.5. The molecule has 1 aromatic rings. The van der Waals surface area contributed by atoms with Gasteiger partial charge in [-0.2, -0.15) is 4.98 Å². The minimum absolute atomic E-state index is 0.447. The van der Waals surface area contributed by atoms with Crippen molar-refractivity contribution in [1.29, 1.82) is 0 Å². The zero-order valence-corrected chi connectivity index (χ0v) is 9.91. The van der Waals surface area contributed by atoms with Gasteiger partial charge in [0.2, 0.25) is 5.75 Å². The summed E-state index contributed by atoms with van der Waals surface area (Å²) in [7, 11) is 3.33. The van der Waals surface area contributed by atoms with E-state index in [-0.39, 0.29) is 0 Å². The summed E-state index contributed by atoms with van der Waals surface area (Å²) in [4.78, 5) is 8.05. The van der Waals surface area contributed by atoms with Gasteiger partial charge in [0.15, 0.2) is 5.82 Å². The van der Waals surface area contributed by atoms with Crippen LogP contribution in [0.5, 0.6) is 11.6 Å². The van der Waals surface area contributed by atoms with Crippen molar-refractivity contribution in [3.05, 3.63) is 18.5 Å². The molecule has 0 aliphatic heterocycles. The molecule has 1 rings (SSSR count). The monoisotopic (exact) mass is 223 g/mol. The Hall–Kier alpha value is -1.78. The topological polar surface area (TPSA) is 56.3 Å². The van der Waals surface area contributed by atoms with Gasteiger partial charge in [-0.05, 0) is 6.92 Å². The zero-order chi connectivity index (χ0) is 12.0. The molecule has 1 N–H and O–H groups in total. The third-order valence-corrected chi connectivity index (χ3v) is 1.98. The third-order valence-electron chi connectivity index (χ3n) is 1.98. The van der Waals surface area contributed by atoms with Gasteiger partial charge < -0.3 is 14.8 Å². The first-order valence-electron chi connectivity index (χ1n) is 5.03. The maximum absolute atomic E-state index is 5.50. The number of hydrogen-bond acceptors (Lipinski definition) is 5. The molecular weight excluding hydrogens is 206 g/mol. The number of anilines is 1. The molecule has 5 nitrogen and oxygen atoms in total. The average Bonchev–Trinajstić information content (AvgIpc) is 2.28. The van der Waals surface area contributed by atoms with Crippen LogP contribution in [0.25, 0.3) is 0 Å². The Morgan fingerprint density at radius 1 is 1.50 bits per heavy atom. The van der Waals surface area contributed by atoms with E-state index in [1.165, 1.54) is 6.33 Å². The fourth-order valence-corrected chi connectivity index (χ4v) is 1.14. The minimum atomic E-state index is 0.447. The van der Waals surface area contributed by atoms with Crippen molar-refractivity contribution in [2.75, 3.05) is 26.1 Å². The number of ether oxygens (including phenoxy) is 2. The first-order chi connectivity index (χ1) is 7.69. The van der Waals surface area contributed by atoms with Crippen LogP contribution in [0.1, 0.15) is 13.3 Å². The highest BCUT2D eigenvalue weighted by Gasteiger charge is 2.11. The molecule has 0 saturated heterocycles. The Bertz CT molecular complexity index is 366. The molecule has 0 atom stereocenters. The molecule has 1 heterocycles. The van der Waals surface area contributed by atoms with Crippen LogP contribution < -0.4 is 14.8 Å². The fourth-order valence-electron chi connectivity index (χ4n) is 1.14. The summed E-state index contributed by atoms with van der Waals surface area (Å²) in [6, 6.07) is 0. The number of nitrogens with one attached hydrogen (secondary N) is 1. The van der Waals surface area contributed by atoms with Gasteiger partial charge in [-0.25, -0.2) is 4.98 Å². The Kier molecular flexibility index (Phi) is 4.57. The van der Waals surface area contributed by atoms with Gasteiger partial charge in [-0.3, -0.25) is 0 Å².